The molecule has 0 aromatic carbocycles. The Morgan fingerprint density at radius 1 is 1.67 bits per heavy atom. The molecule has 1 unspecified atom stereocenters. The molecule has 0 aliphatic heterocycles. The normalized spacial score (nSPS) is 13.6. The molecule has 0 aromatic heterocycles. The zero-order valence-electron chi connectivity index (χ0n) is 7.06. The number of ether oxygens (including phenoxy) is 1. The maximum absolute atomic E-state index is 10.6. The van der Waals surface area contributed by atoms with Gasteiger partial charge in [0.15, 0.2) is 5.75 Å². The molecule has 0 radical (unpaired) electrons. The van der Waals surface area contributed by atoms with Crippen LogP contribution in [0.1, 0.15) is 6.92 Å². The van der Waals surface area contributed by atoms with Crippen molar-refractivity contribution in [2.75, 3.05) is 12.9 Å². The van der Waals surface area contributed by atoms with Crippen LogP contribution in [0.4, 0.5) is 4.79 Å². The van der Waals surface area contributed by atoms with Crippen molar-refractivity contribution in [3.8, 4) is 0 Å². The van der Waals surface area contributed by atoms with Crippen LogP contribution in [-0.2, 0) is 28.3 Å². The van der Waals surface area contributed by atoms with Crippen LogP contribution in [0.2, 0.25) is 0 Å². The van der Waals surface area contributed by atoms with Crippen molar-refractivity contribution in [2.45, 2.75) is 6.92 Å². The zero-order chi connectivity index (χ0) is 8.91. The molecule has 0 amide bonds. The van der Waals surface area contributed by atoms with E-state index in [2.05, 4.69) is 8.92 Å². The van der Waals surface area contributed by atoms with Gasteiger partial charge in [-0.2, -0.15) is 4.21 Å². The van der Waals surface area contributed by atoms with Gasteiger partial charge in [0.05, 0.1) is 7.11 Å². The third-order valence-corrected chi connectivity index (χ3v) is 3.24. The predicted octanol–water partition coefficient (Wildman–Crippen LogP) is -2.88. The van der Waals surface area contributed by atoms with E-state index in [1.807, 2.05) is 0 Å². The number of carbonyl (C=O) groups is 1. The Morgan fingerprint density at radius 2 is 2.17 bits per heavy atom. The van der Waals surface area contributed by atoms with E-state index in [-0.39, 0.29) is 29.6 Å². The summed E-state index contributed by atoms with van der Waals surface area (Å²) in [5.41, 5.74) is 0. The van der Waals surface area contributed by atoms with Gasteiger partial charge in [0.25, 0.3) is 10.3 Å². The van der Waals surface area contributed by atoms with Gasteiger partial charge in [-0.15, -0.1) is 0 Å². The van der Waals surface area contributed by atoms with Crippen LogP contribution in [0.5, 0.6) is 0 Å². The van der Waals surface area contributed by atoms with Gasteiger partial charge in [0.1, 0.15) is 0 Å². The van der Waals surface area contributed by atoms with Crippen LogP contribution in [-0.4, -0.2) is 27.8 Å². The molecule has 66 valence electrons. The van der Waals surface area contributed by atoms with E-state index in [1.54, 1.807) is 6.92 Å². The molecule has 0 saturated carbocycles. The smallest absolute Gasteiger partial charge is 0.702 e. The first-order valence-corrected chi connectivity index (χ1v) is 5.59. The molecular formula is C4H8NaO5S2+. The molecule has 0 heterocycles. The summed E-state index contributed by atoms with van der Waals surface area (Å²) in [6.45, 7) is 1.63. The summed E-state index contributed by atoms with van der Waals surface area (Å²) in [6.07, 6.45) is -1.22. The summed E-state index contributed by atoms with van der Waals surface area (Å²) in [7, 11) is -2.24. The molecule has 0 rings (SSSR count). The fourth-order valence-electron chi connectivity index (χ4n) is 0.286. The second-order valence-electron chi connectivity index (χ2n) is 1.35. The van der Waals surface area contributed by atoms with Crippen LogP contribution in [0.25, 0.3) is 0 Å². The fourth-order valence-corrected chi connectivity index (χ4v) is 2.03. The van der Waals surface area contributed by atoms with E-state index in [1.165, 1.54) is 0 Å². The molecule has 0 fully saturated rings. The largest absolute Gasteiger partial charge is 1.00 e. The Labute approximate surface area is 96.8 Å². The van der Waals surface area contributed by atoms with Gasteiger partial charge < -0.3 is 13.5 Å². The van der Waals surface area contributed by atoms with Crippen LogP contribution < -0.4 is 29.6 Å². The van der Waals surface area contributed by atoms with Crippen molar-refractivity contribution in [3.05, 3.63) is 0 Å². The second-order valence-corrected chi connectivity index (χ2v) is 5.08. The van der Waals surface area contributed by atoms with Crippen molar-refractivity contribution in [3.63, 3.8) is 0 Å². The number of methoxy groups -OCH3 is 1. The molecule has 8 heteroatoms. The zero-order valence-corrected chi connectivity index (χ0v) is 10.7. The Kier molecular flexibility index (Phi) is 8.86. The summed E-state index contributed by atoms with van der Waals surface area (Å²) in [5, 5.41) is 0. The van der Waals surface area contributed by atoms with E-state index in [4.69, 9.17) is 0 Å². The van der Waals surface area contributed by atoms with E-state index < -0.39 is 15.2 Å². The first-order valence-electron chi connectivity index (χ1n) is 2.68. The molecule has 0 aromatic rings. The quantitative estimate of drug-likeness (QED) is 0.285. The van der Waals surface area contributed by atoms with Crippen molar-refractivity contribution < 1.29 is 52.0 Å². The number of hydrogen-bond donors (Lipinski definition) is 0. The summed E-state index contributed by atoms with van der Waals surface area (Å²) < 4.78 is 29.2. The van der Waals surface area contributed by atoms with Crippen LogP contribution in [0.15, 0.2) is 0 Å². The Hall–Kier alpha value is 0.600. The minimum Gasteiger partial charge on any atom is -0.702 e. The van der Waals surface area contributed by atoms with Gasteiger partial charge in [-0.3, -0.25) is 0 Å². The predicted molar refractivity (Wildman–Crippen MR) is 40.3 cm³/mol. The third kappa shape index (κ3) is 7.26. The van der Waals surface area contributed by atoms with Gasteiger partial charge in [-0.25, -0.2) is 4.79 Å². The van der Waals surface area contributed by atoms with Gasteiger partial charge in [0.2, 0.25) is 0 Å². The van der Waals surface area contributed by atoms with Crippen LogP contribution >= 0.6 is 0 Å². The SMILES string of the molecule is CC[S+]=S(=O)([O-])OC(=O)OC.[Na+]. The average molecular weight is 223 g/mol. The standard InChI is InChI=1S/C4H8O5S2.Na/c1-3-10-11(6,7)9-4(5)8-2;/h3H2,1-2H3;/q;+1. The Balaban J connectivity index is 0. The maximum Gasteiger partial charge on any atom is 1.00 e. The van der Waals surface area contributed by atoms with Gasteiger partial charge in [-0.05, 0) is 6.92 Å². The molecule has 0 aliphatic rings. The first-order chi connectivity index (χ1) is 5.02. The Bertz CT molecular complexity index is 244. The van der Waals surface area contributed by atoms with Gasteiger partial charge >= 0.3 is 44.8 Å². The van der Waals surface area contributed by atoms with Gasteiger partial charge in [0, 0.05) is 0 Å². The molecule has 0 bridgehead atoms. The number of carbonyl (C=O) groups excluding carboxylic acids is 1. The maximum atomic E-state index is 10.6. The van der Waals surface area contributed by atoms with E-state index in [0.29, 0.717) is 16.1 Å². The molecule has 5 nitrogen and oxygen atoms in total. The molecule has 1 atom stereocenters. The minimum atomic E-state index is -3.80. The molecule has 0 spiro atoms. The number of hydrogen-bond acceptors (Lipinski definition) is 5. The van der Waals surface area contributed by atoms with Crippen LogP contribution in [0, 0.1) is 0 Å². The molecule has 12 heavy (non-hydrogen) atoms. The Morgan fingerprint density at radius 3 is 2.50 bits per heavy atom. The molecule has 0 aliphatic carbocycles. The summed E-state index contributed by atoms with van der Waals surface area (Å²) in [4.78, 5) is 10.3. The monoisotopic (exact) mass is 223 g/mol. The number of rotatable bonds is 2. The summed E-state index contributed by atoms with van der Waals surface area (Å²) in [5.74, 6) is 0.319. The van der Waals surface area contributed by atoms with Crippen LogP contribution in [0.3, 0.4) is 0 Å². The third-order valence-electron chi connectivity index (χ3n) is 0.599. The topological polar surface area (TPSA) is 75.7 Å². The van der Waals surface area contributed by atoms with Crippen molar-refractivity contribution in [1.29, 1.82) is 0 Å². The second kappa shape index (κ2) is 7.05. The van der Waals surface area contributed by atoms with E-state index in [0.717, 1.165) is 7.11 Å². The first kappa shape index (κ1) is 15.1. The molecular weight excluding hydrogens is 215 g/mol. The van der Waals surface area contributed by atoms with Crippen molar-refractivity contribution in [1.82, 2.24) is 0 Å². The van der Waals surface area contributed by atoms with Crippen molar-refractivity contribution in [2.24, 2.45) is 0 Å². The van der Waals surface area contributed by atoms with Crippen molar-refractivity contribution >= 4 is 25.5 Å². The van der Waals surface area contributed by atoms with Gasteiger partial charge in [-0.1, -0.05) is 0 Å². The fraction of sp³-hybridized carbons (Fsp3) is 0.750. The molecule has 0 saturated heterocycles. The summed E-state index contributed by atoms with van der Waals surface area (Å²) in [6, 6.07) is 0. The van der Waals surface area contributed by atoms with E-state index >= 15 is 0 Å². The van der Waals surface area contributed by atoms with E-state index in [9.17, 15) is 13.6 Å². The molecule has 0 N–H and O–H groups in total. The summed E-state index contributed by atoms with van der Waals surface area (Å²) >= 11 is 0. The minimum absolute atomic E-state index is 0. The average Bonchev–Trinajstić information content (AvgIpc) is 1.86.